The number of piperidine rings is 1. The molecule has 1 N–H and O–H groups in total. The quantitative estimate of drug-likeness (QED) is 0.780. The van der Waals surface area contributed by atoms with E-state index in [2.05, 4.69) is 10.3 Å². The molecule has 4 fully saturated rings. The molecule has 166 valence electrons. The van der Waals surface area contributed by atoms with E-state index in [9.17, 15) is 13.2 Å². The lowest BCUT2D eigenvalue weighted by Crippen LogP contribution is -2.49. The van der Waals surface area contributed by atoms with Crippen LogP contribution in [0.2, 0.25) is 0 Å². The molecule has 4 aliphatic rings. The molecule has 31 heavy (non-hydrogen) atoms. The van der Waals surface area contributed by atoms with Gasteiger partial charge in [0.2, 0.25) is 16.0 Å². The highest BCUT2D eigenvalue weighted by atomic mass is 32.2. The zero-order valence-corrected chi connectivity index (χ0v) is 18.6. The Morgan fingerprint density at radius 3 is 2.52 bits per heavy atom. The molecule has 4 heterocycles. The van der Waals surface area contributed by atoms with Crippen LogP contribution >= 0.6 is 0 Å². The van der Waals surface area contributed by atoms with E-state index in [4.69, 9.17) is 4.98 Å². The number of sulfonamides is 1. The summed E-state index contributed by atoms with van der Waals surface area (Å²) in [5, 5.41) is 4.35. The van der Waals surface area contributed by atoms with Crippen LogP contribution in [0.1, 0.15) is 63.8 Å². The number of hydrogen-bond acceptors (Lipinski definition) is 6. The van der Waals surface area contributed by atoms with Crippen LogP contribution < -0.4 is 10.9 Å². The minimum Gasteiger partial charge on any atom is -0.351 e. The van der Waals surface area contributed by atoms with Crippen molar-refractivity contribution < 1.29 is 8.42 Å². The highest BCUT2D eigenvalue weighted by Gasteiger charge is 2.53. The summed E-state index contributed by atoms with van der Waals surface area (Å²) < 4.78 is 28.0. The zero-order valence-electron chi connectivity index (χ0n) is 17.8. The van der Waals surface area contributed by atoms with Crippen molar-refractivity contribution in [3.8, 4) is 0 Å². The van der Waals surface area contributed by atoms with Gasteiger partial charge in [0.1, 0.15) is 5.65 Å². The van der Waals surface area contributed by atoms with Crippen molar-refractivity contribution in [1.29, 1.82) is 0 Å². The summed E-state index contributed by atoms with van der Waals surface area (Å²) in [6.45, 7) is 0. The van der Waals surface area contributed by atoms with E-state index in [1.165, 1.54) is 31.9 Å². The molecule has 2 bridgehead atoms. The molecule has 2 aromatic heterocycles. The summed E-state index contributed by atoms with van der Waals surface area (Å²) in [7, 11) is -3.18. The molecule has 6 rings (SSSR count). The van der Waals surface area contributed by atoms with Gasteiger partial charge in [0, 0.05) is 41.8 Å². The van der Waals surface area contributed by atoms with Gasteiger partial charge in [0.15, 0.2) is 0 Å². The van der Waals surface area contributed by atoms with Crippen LogP contribution in [0.5, 0.6) is 0 Å². The Bertz CT molecular complexity index is 1190. The number of rotatable bonds is 4. The first-order valence-corrected chi connectivity index (χ1v) is 13.3. The minimum absolute atomic E-state index is 0.0230. The van der Waals surface area contributed by atoms with Gasteiger partial charge in [-0.3, -0.25) is 9.36 Å². The molecule has 2 saturated carbocycles. The summed E-state index contributed by atoms with van der Waals surface area (Å²) >= 11 is 0. The molecule has 0 amide bonds. The molecule has 2 saturated heterocycles. The first-order valence-electron chi connectivity index (χ1n) is 11.5. The first kappa shape index (κ1) is 19.7. The molecular formula is C22H29N5O3S. The van der Waals surface area contributed by atoms with E-state index in [0.29, 0.717) is 11.4 Å². The molecule has 0 aromatic carbocycles. The molecular weight excluding hydrogens is 414 g/mol. The van der Waals surface area contributed by atoms with Crippen molar-refractivity contribution in [2.75, 3.05) is 11.6 Å². The third-order valence-corrected chi connectivity index (χ3v) is 9.47. The second-order valence-electron chi connectivity index (χ2n) is 10.1. The molecule has 2 aliphatic carbocycles. The van der Waals surface area contributed by atoms with Crippen molar-refractivity contribution in [3.05, 3.63) is 28.7 Å². The Labute approximate surface area is 182 Å². The van der Waals surface area contributed by atoms with Gasteiger partial charge in [-0.15, -0.1) is 0 Å². The molecule has 2 unspecified atom stereocenters. The molecule has 8 nitrogen and oxygen atoms in total. The average molecular weight is 444 g/mol. The van der Waals surface area contributed by atoms with Crippen LogP contribution in [0.15, 0.2) is 23.1 Å². The van der Waals surface area contributed by atoms with Gasteiger partial charge in [-0.1, -0.05) is 6.42 Å². The molecule has 2 aromatic rings. The van der Waals surface area contributed by atoms with Gasteiger partial charge in [0.25, 0.3) is 5.56 Å². The van der Waals surface area contributed by atoms with Crippen LogP contribution in [0, 0.1) is 5.41 Å². The van der Waals surface area contributed by atoms with Crippen molar-refractivity contribution in [2.24, 2.45) is 5.41 Å². The second-order valence-corrected chi connectivity index (χ2v) is 12.0. The van der Waals surface area contributed by atoms with Gasteiger partial charge in [-0.2, -0.15) is 9.29 Å². The van der Waals surface area contributed by atoms with E-state index in [1.54, 1.807) is 16.6 Å². The smallest absolute Gasteiger partial charge is 0.252 e. The molecule has 1 spiro atoms. The van der Waals surface area contributed by atoms with Crippen LogP contribution in [-0.4, -0.2) is 51.6 Å². The topological polar surface area (TPSA) is 97.2 Å². The van der Waals surface area contributed by atoms with Gasteiger partial charge < -0.3 is 5.32 Å². The molecule has 2 aliphatic heterocycles. The monoisotopic (exact) mass is 443 g/mol. The fourth-order valence-corrected chi connectivity index (χ4v) is 8.12. The molecule has 0 radical (unpaired) electrons. The maximum atomic E-state index is 12.9. The number of pyridine rings is 1. The molecule has 3 atom stereocenters. The van der Waals surface area contributed by atoms with Crippen LogP contribution in [0.4, 0.5) is 5.95 Å². The number of anilines is 1. The van der Waals surface area contributed by atoms with Gasteiger partial charge in [-0.05, 0) is 62.8 Å². The number of nitrogens with one attached hydrogen (secondary N) is 1. The summed E-state index contributed by atoms with van der Waals surface area (Å²) in [4.78, 5) is 22.2. The predicted molar refractivity (Wildman–Crippen MR) is 118 cm³/mol. The Balaban J connectivity index is 1.30. The highest BCUT2D eigenvalue weighted by Crippen LogP contribution is 2.63. The van der Waals surface area contributed by atoms with Gasteiger partial charge >= 0.3 is 0 Å². The average Bonchev–Trinajstić information content (AvgIpc) is 3.28. The van der Waals surface area contributed by atoms with Crippen molar-refractivity contribution >= 4 is 27.0 Å². The largest absolute Gasteiger partial charge is 0.351 e. The van der Waals surface area contributed by atoms with Gasteiger partial charge in [-0.25, -0.2) is 13.4 Å². The van der Waals surface area contributed by atoms with E-state index in [0.717, 1.165) is 43.1 Å². The SMILES string of the molecule is CS(=O)(=O)N1C2CCC1CC(Nc1ncc3ccc(=O)n([C@H]4CCCC45CC5)c3n1)C2. The number of hydrogen-bond donors (Lipinski definition) is 1. The Kier molecular flexibility index (Phi) is 4.28. The van der Waals surface area contributed by atoms with Crippen LogP contribution in [-0.2, 0) is 10.0 Å². The normalized spacial score (nSPS) is 32.0. The summed E-state index contributed by atoms with van der Waals surface area (Å²) in [6.07, 6.45) is 12.3. The standard InChI is InChI=1S/C22H29N5O3S/c1-31(29,30)27-16-5-6-17(27)12-15(11-16)24-21-23-13-14-4-7-19(28)26(20(14)25-21)18-3-2-8-22(18)9-10-22/h4,7,13,15-18H,2-3,5-6,8-12H2,1H3,(H,23,24,25)/t15?,16?,17?,18-/m0/s1. The fourth-order valence-electron chi connectivity index (χ4n) is 6.65. The lowest BCUT2D eigenvalue weighted by molar-refractivity contribution is 0.236. The van der Waals surface area contributed by atoms with Crippen LogP contribution in [0.25, 0.3) is 11.0 Å². The maximum Gasteiger partial charge on any atom is 0.252 e. The Hall–Kier alpha value is -2.00. The Morgan fingerprint density at radius 2 is 1.84 bits per heavy atom. The minimum atomic E-state index is -3.18. The summed E-state index contributed by atoms with van der Waals surface area (Å²) in [6, 6.07) is 3.94. The number of fused-ring (bicyclic) bond motifs is 3. The van der Waals surface area contributed by atoms with Crippen molar-refractivity contribution in [1.82, 2.24) is 18.8 Å². The van der Waals surface area contributed by atoms with Crippen molar-refractivity contribution in [2.45, 2.75) is 82.0 Å². The van der Waals surface area contributed by atoms with Gasteiger partial charge in [0.05, 0.1) is 6.26 Å². The number of nitrogens with zero attached hydrogens (tertiary/aromatic N) is 4. The van der Waals surface area contributed by atoms with Crippen LogP contribution in [0.3, 0.4) is 0 Å². The lowest BCUT2D eigenvalue weighted by atomic mass is 10.00. The maximum absolute atomic E-state index is 12.9. The summed E-state index contributed by atoms with van der Waals surface area (Å²) in [5.74, 6) is 0.534. The van der Waals surface area contributed by atoms with E-state index in [1.807, 2.05) is 10.6 Å². The zero-order chi connectivity index (χ0) is 21.4. The molecule has 9 heteroatoms. The third-order valence-electron chi connectivity index (χ3n) is 8.11. The summed E-state index contributed by atoms with van der Waals surface area (Å²) in [5.41, 5.74) is 1.04. The first-order chi connectivity index (χ1) is 14.8. The Morgan fingerprint density at radius 1 is 1.10 bits per heavy atom. The van der Waals surface area contributed by atoms with Crippen molar-refractivity contribution in [3.63, 3.8) is 0 Å². The van der Waals surface area contributed by atoms with E-state index in [-0.39, 0.29) is 29.7 Å². The highest BCUT2D eigenvalue weighted by molar-refractivity contribution is 7.88. The number of aromatic nitrogens is 3. The second kappa shape index (κ2) is 6.75. The predicted octanol–water partition coefficient (Wildman–Crippen LogP) is 2.66. The lowest BCUT2D eigenvalue weighted by Gasteiger charge is -2.37. The third kappa shape index (κ3) is 3.19. The van der Waals surface area contributed by atoms with E-state index < -0.39 is 10.0 Å². The fraction of sp³-hybridized carbons (Fsp3) is 0.682. The van der Waals surface area contributed by atoms with E-state index >= 15 is 0 Å².